The Labute approximate surface area is 125 Å². The number of anilines is 1. The van der Waals surface area contributed by atoms with Gasteiger partial charge in [0.2, 0.25) is 0 Å². The molecule has 2 heterocycles. The summed E-state index contributed by atoms with van der Waals surface area (Å²) in [4.78, 5) is 13.4. The van der Waals surface area contributed by atoms with Crippen LogP contribution in [0.25, 0.3) is 0 Å². The first-order valence-electron chi connectivity index (χ1n) is 7.81. The third-order valence-corrected chi connectivity index (χ3v) is 4.43. The molecule has 4 rings (SSSR count). The standard InChI is InChI=1S/C17H20N4/c1-11-3-2-8-18-16(11)17(13-6-7-13)21-15-9-14(12-4-5-12)19-10-20-15/h2-3,8-10,12-13,17H,4-7H2,1H3,(H,19,20,21)/t17-/m0/s1. The molecule has 0 aromatic carbocycles. The van der Waals surface area contributed by atoms with Crippen LogP contribution < -0.4 is 5.32 Å². The van der Waals surface area contributed by atoms with Gasteiger partial charge in [0.1, 0.15) is 12.1 Å². The summed E-state index contributed by atoms with van der Waals surface area (Å²) in [6.45, 7) is 2.13. The number of aromatic nitrogens is 3. The second kappa shape index (κ2) is 5.10. The predicted octanol–water partition coefficient (Wildman–Crippen LogP) is 3.62. The lowest BCUT2D eigenvalue weighted by Gasteiger charge is -2.20. The number of hydrogen-bond donors (Lipinski definition) is 1. The van der Waals surface area contributed by atoms with E-state index in [1.807, 2.05) is 12.3 Å². The van der Waals surface area contributed by atoms with Gasteiger partial charge in [-0.25, -0.2) is 9.97 Å². The zero-order valence-electron chi connectivity index (χ0n) is 12.3. The maximum atomic E-state index is 4.60. The summed E-state index contributed by atoms with van der Waals surface area (Å²) in [6.07, 6.45) is 8.65. The quantitative estimate of drug-likeness (QED) is 0.908. The summed E-state index contributed by atoms with van der Waals surface area (Å²) in [5, 5.41) is 3.61. The van der Waals surface area contributed by atoms with Crippen molar-refractivity contribution in [3.63, 3.8) is 0 Å². The van der Waals surface area contributed by atoms with E-state index in [4.69, 9.17) is 0 Å². The van der Waals surface area contributed by atoms with Gasteiger partial charge in [-0.15, -0.1) is 0 Å². The van der Waals surface area contributed by atoms with Gasteiger partial charge in [-0.3, -0.25) is 4.98 Å². The molecule has 108 valence electrons. The van der Waals surface area contributed by atoms with E-state index >= 15 is 0 Å². The van der Waals surface area contributed by atoms with Crippen LogP contribution in [0.2, 0.25) is 0 Å². The first-order valence-corrected chi connectivity index (χ1v) is 7.81. The molecule has 2 fully saturated rings. The highest BCUT2D eigenvalue weighted by Gasteiger charge is 2.34. The van der Waals surface area contributed by atoms with Crippen LogP contribution in [0.4, 0.5) is 5.82 Å². The van der Waals surface area contributed by atoms with Gasteiger partial charge in [0.25, 0.3) is 0 Å². The lowest BCUT2D eigenvalue weighted by Crippen LogP contribution is -2.16. The van der Waals surface area contributed by atoms with Crippen LogP contribution >= 0.6 is 0 Å². The second-order valence-corrected chi connectivity index (χ2v) is 6.27. The number of aryl methyl sites for hydroxylation is 1. The molecule has 0 bridgehead atoms. The molecule has 0 saturated heterocycles. The molecular formula is C17H20N4. The minimum atomic E-state index is 0.271. The highest BCUT2D eigenvalue weighted by molar-refractivity contribution is 5.41. The van der Waals surface area contributed by atoms with E-state index in [0.29, 0.717) is 11.8 Å². The first-order chi connectivity index (χ1) is 10.3. The fourth-order valence-electron chi connectivity index (χ4n) is 2.88. The van der Waals surface area contributed by atoms with E-state index in [0.717, 1.165) is 11.5 Å². The minimum Gasteiger partial charge on any atom is -0.361 e. The van der Waals surface area contributed by atoms with Crippen molar-refractivity contribution in [1.82, 2.24) is 15.0 Å². The monoisotopic (exact) mass is 280 g/mol. The number of nitrogens with one attached hydrogen (secondary N) is 1. The number of pyridine rings is 1. The highest BCUT2D eigenvalue weighted by atomic mass is 15.1. The van der Waals surface area contributed by atoms with Crippen LogP contribution in [0.1, 0.15) is 54.6 Å². The molecule has 0 spiro atoms. The van der Waals surface area contributed by atoms with Crippen LogP contribution in [0, 0.1) is 12.8 Å². The average molecular weight is 280 g/mol. The van der Waals surface area contributed by atoms with E-state index in [1.54, 1.807) is 6.33 Å². The van der Waals surface area contributed by atoms with E-state index in [9.17, 15) is 0 Å². The summed E-state index contributed by atoms with van der Waals surface area (Å²) in [5.41, 5.74) is 3.59. The molecule has 4 heteroatoms. The third kappa shape index (κ3) is 2.75. The van der Waals surface area contributed by atoms with Gasteiger partial charge in [0.05, 0.1) is 11.7 Å². The van der Waals surface area contributed by atoms with Crippen molar-refractivity contribution in [2.75, 3.05) is 5.32 Å². The molecule has 0 aliphatic heterocycles. The van der Waals surface area contributed by atoms with Gasteiger partial charge >= 0.3 is 0 Å². The lowest BCUT2D eigenvalue weighted by atomic mass is 10.0. The first kappa shape index (κ1) is 12.7. The number of nitrogens with zero attached hydrogens (tertiary/aromatic N) is 3. The Bertz CT molecular complexity index is 647. The second-order valence-electron chi connectivity index (χ2n) is 6.27. The summed E-state index contributed by atoms with van der Waals surface area (Å²) in [7, 11) is 0. The molecule has 2 saturated carbocycles. The van der Waals surface area contributed by atoms with Crippen molar-refractivity contribution in [2.45, 2.75) is 44.6 Å². The normalized spacial score (nSPS) is 19.3. The van der Waals surface area contributed by atoms with E-state index in [1.165, 1.54) is 36.9 Å². The Balaban J connectivity index is 1.60. The summed E-state index contributed by atoms with van der Waals surface area (Å²) in [5.74, 6) is 2.27. The third-order valence-electron chi connectivity index (χ3n) is 4.43. The molecular weight excluding hydrogens is 260 g/mol. The topological polar surface area (TPSA) is 50.7 Å². The molecule has 1 atom stereocenters. The van der Waals surface area contributed by atoms with Crippen LogP contribution in [0.5, 0.6) is 0 Å². The minimum absolute atomic E-state index is 0.271. The fraction of sp³-hybridized carbons (Fsp3) is 0.471. The molecule has 4 nitrogen and oxygen atoms in total. The van der Waals surface area contributed by atoms with Crippen molar-refractivity contribution in [3.05, 3.63) is 47.7 Å². The van der Waals surface area contributed by atoms with Crippen molar-refractivity contribution in [1.29, 1.82) is 0 Å². The van der Waals surface area contributed by atoms with Gasteiger partial charge in [-0.1, -0.05) is 6.07 Å². The summed E-state index contributed by atoms with van der Waals surface area (Å²) in [6, 6.07) is 6.52. The smallest absolute Gasteiger partial charge is 0.130 e. The SMILES string of the molecule is Cc1cccnc1[C@@H](Nc1cc(C2CC2)ncn1)C1CC1. The van der Waals surface area contributed by atoms with Gasteiger partial charge in [0.15, 0.2) is 0 Å². The Kier molecular flexibility index (Phi) is 3.09. The van der Waals surface area contributed by atoms with E-state index in [-0.39, 0.29) is 6.04 Å². The maximum Gasteiger partial charge on any atom is 0.130 e. The molecule has 2 aromatic heterocycles. The largest absolute Gasteiger partial charge is 0.361 e. The predicted molar refractivity (Wildman–Crippen MR) is 82.1 cm³/mol. The zero-order chi connectivity index (χ0) is 14.2. The van der Waals surface area contributed by atoms with Gasteiger partial charge in [-0.05, 0) is 50.2 Å². The molecule has 2 aromatic rings. The van der Waals surface area contributed by atoms with Gasteiger partial charge in [-0.2, -0.15) is 0 Å². The lowest BCUT2D eigenvalue weighted by molar-refractivity contribution is 0.649. The highest BCUT2D eigenvalue weighted by Crippen LogP contribution is 2.43. The van der Waals surface area contributed by atoms with E-state index < -0.39 is 0 Å². The van der Waals surface area contributed by atoms with E-state index in [2.05, 4.69) is 39.3 Å². The molecule has 0 amide bonds. The average Bonchev–Trinajstić information content (AvgIpc) is 3.40. The fourth-order valence-corrected chi connectivity index (χ4v) is 2.88. The zero-order valence-corrected chi connectivity index (χ0v) is 12.3. The van der Waals surface area contributed by atoms with Crippen LogP contribution in [0.15, 0.2) is 30.7 Å². The van der Waals surface area contributed by atoms with Crippen LogP contribution in [0.3, 0.4) is 0 Å². The molecule has 0 radical (unpaired) electrons. The molecule has 2 aliphatic rings. The Morgan fingerprint density at radius 2 is 2.00 bits per heavy atom. The van der Waals surface area contributed by atoms with Crippen LogP contribution in [-0.4, -0.2) is 15.0 Å². The van der Waals surface area contributed by atoms with Crippen molar-refractivity contribution < 1.29 is 0 Å². The summed E-state index contributed by atoms with van der Waals surface area (Å²) >= 11 is 0. The van der Waals surface area contributed by atoms with Crippen molar-refractivity contribution >= 4 is 5.82 Å². The Hall–Kier alpha value is -1.97. The molecule has 1 N–H and O–H groups in total. The van der Waals surface area contributed by atoms with Crippen LogP contribution in [-0.2, 0) is 0 Å². The molecule has 2 aliphatic carbocycles. The van der Waals surface area contributed by atoms with Crippen molar-refractivity contribution in [3.8, 4) is 0 Å². The van der Waals surface area contributed by atoms with Crippen molar-refractivity contribution in [2.24, 2.45) is 5.92 Å². The Morgan fingerprint density at radius 3 is 2.71 bits per heavy atom. The molecule has 0 unspecified atom stereocenters. The molecule has 21 heavy (non-hydrogen) atoms. The van der Waals surface area contributed by atoms with Gasteiger partial charge in [0, 0.05) is 23.9 Å². The number of rotatable bonds is 5. The van der Waals surface area contributed by atoms with Gasteiger partial charge < -0.3 is 5.32 Å². The maximum absolute atomic E-state index is 4.60. The number of hydrogen-bond acceptors (Lipinski definition) is 4. The Morgan fingerprint density at radius 1 is 1.14 bits per heavy atom. The summed E-state index contributed by atoms with van der Waals surface area (Å²) < 4.78 is 0.